The molecule has 3 unspecified atom stereocenters. The van der Waals surface area contributed by atoms with Gasteiger partial charge in [0.15, 0.2) is 5.78 Å². The van der Waals surface area contributed by atoms with Crippen molar-refractivity contribution in [2.24, 2.45) is 40.4 Å². The lowest BCUT2D eigenvalue weighted by Crippen LogP contribution is -2.59. The Morgan fingerprint density at radius 1 is 1.21 bits per heavy atom. The van der Waals surface area contributed by atoms with E-state index in [1.54, 1.807) is 0 Å². The smallest absolute Gasteiger partial charge is 0.306 e. The number of ether oxygens (including phenoxy) is 1. The summed E-state index contributed by atoms with van der Waals surface area (Å²) >= 11 is 0. The second-order valence-electron chi connectivity index (χ2n) is 10.8. The van der Waals surface area contributed by atoms with Crippen LogP contribution >= 0.6 is 0 Å². The summed E-state index contributed by atoms with van der Waals surface area (Å²) in [6.07, 6.45) is 8.84. The highest BCUT2D eigenvalue weighted by atomic mass is 16.6. The molecule has 160 valence electrons. The van der Waals surface area contributed by atoms with E-state index >= 15 is 0 Å². The van der Waals surface area contributed by atoms with Crippen molar-refractivity contribution in [3.8, 4) is 0 Å². The van der Waals surface area contributed by atoms with Gasteiger partial charge in [-0.15, -0.1) is 0 Å². The van der Waals surface area contributed by atoms with Gasteiger partial charge in [-0.25, -0.2) is 0 Å². The molecule has 4 heteroatoms. The van der Waals surface area contributed by atoms with E-state index in [1.165, 1.54) is 6.29 Å². The van der Waals surface area contributed by atoms with Crippen molar-refractivity contribution in [1.82, 2.24) is 0 Å². The minimum atomic E-state index is -0.489. The Bertz CT molecular complexity index is 769. The number of hydrogen-bond acceptors (Lipinski definition) is 4. The molecule has 0 aromatic rings. The summed E-state index contributed by atoms with van der Waals surface area (Å²) in [5.41, 5.74) is 0.144. The molecule has 0 N–H and O–H groups in total. The first-order valence-corrected chi connectivity index (χ1v) is 11.6. The zero-order valence-electron chi connectivity index (χ0n) is 18.6. The van der Waals surface area contributed by atoms with E-state index < -0.39 is 11.0 Å². The Morgan fingerprint density at radius 3 is 2.55 bits per heavy atom. The number of carbonyl (C=O) groups is 3. The Labute approximate surface area is 174 Å². The summed E-state index contributed by atoms with van der Waals surface area (Å²) in [6, 6.07) is 0. The Kier molecular flexibility index (Phi) is 4.87. The first kappa shape index (κ1) is 20.8. The predicted octanol–water partition coefficient (Wildman–Crippen LogP) is 4.90. The molecule has 4 nitrogen and oxygen atoms in total. The predicted molar refractivity (Wildman–Crippen MR) is 111 cm³/mol. The minimum Gasteiger partial charge on any atom is -0.459 e. The molecule has 3 saturated carbocycles. The SMILES string of the molecule is CCC(=O)OC1(C)CC[C@H]2[C@@H]3CC(C)C4=CC(=O)CC(C)[C@]4(C=O)[C@@H]3CC[C@@]21C. The molecule has 8 atom stereocenters. The maximum absolute atomic E-state index is 12.7. The van der Waals surface area contributed by atoms with Crippen molar-refractivity contribution < 1.29 is 19.1 Å². The molecule has 0 amide bonds. The van der Waals surface area contributed by atoms with Crippen molar-refractivity contribution in [2.45, 2.75) is 85.2 Å². The quantitative estimate of drug-likeness (QED) is 0.499. The largest absolute Gasteiger partial charge is 0.459 e. The van der Waals surface area contributed by atoms with Crippen LogP contribution in [0.2, 0.25) is 0 Å². The van der Waals surface area contributed by atoms with Crippen LogP contribution in [-0.2, 0) is 19.1 Å². The van der Waals surface area contributed by atoms with Crippen LogP contribution in [0, 0.1) is 40.4 Å². The molecule has 0 saturated heterocycles. The molecule has 4 aliphatic rings. The van der Waals surface area contributed by atoms with Gasteiger partial charge in [-0.05, 0) is 74.7 Å². The van der Waals surface area contributed by atoms with Crippen molar-refractivity contribution in [3.05, 3.63) is 11.6 Å². The fourth-order valence-corrected chi connectivity index (χ4v) is 7.99. The second kappa shape index (κ2) is 6.78. The van der Waals surface area contributed by atoms with Crippen LogP contribution in [0.1, 0.15) is 79.6 Å². The minimum absolute atomic E-state index is 0.0439. The number of esters is 1. The Hall–Kier alpha value is -1.45. The highest BCUT2D eigenvalue weighted by Crippen LogP contribution is 2.69. The molecule has 29 heavy (non-hydrogen) atoms. The van der Waals surface area contributed by atoms with Gasteiger partial charge in [0.1, 0.15) is 11.9 Å². The molecule has 0 radical (unpaired) electrons. The second-order valence-corrected chi connectivity index (χ2v) is 10.8. The van der Waals surface area contributed by atoms with Gasteiger partial charge >= 0.3 is 5.97 Å². The third kappa shape index (κ3) is 2.66. The highest BCUT2D eigenvalue weighted by molar-refractivity contribution is 5.94. The molecular formula is C25H36O4. The van der Waals surface area contributed by atoms with Crippen LogP contribution in [-0.4, -0.2) is 23.6 Å². The van der Waals surface area contributed by atoms with E-state index in [2.05, 4.69) is 27.7 Å². The number of carbonyl (C=O) groups excluding carboxylic acids is 3. The number of fused-ring (bicyclic) bond motifs is 5. The maximum Gasteiger partial charge on any atom is 0.306 e. The van der Waals surface area contributed by atoms with E-state index in [9.17, 15) is 14.4 Å². The lowest BCUT2D eigenvalue weighted by atomic mass is 9.43. The van der Waals surface area contributed by atoms with Gasteiger partial charge in [0, 0.05) is 18.3 Å². The molecule has 0 aliphatic heterocycles. The topological polar surface area (TPSA) is 60.4 Å². The van der Waals surface area contributed by atoms with E-state index in [-0.39, 0.29) is 29.0 Å². The van der Waals surface area contributed by atoms with Gasteiger partial charge in [-0.2, -0.15) is 0 Å². The third-order valence-electron chi connectivity index (χ3n) is 9.70. The average molecular weight is 401 g/mol. The molecular weight excluding hydrogens is 364 g/mol. The van der Waals surface area contributed by atoms with Crippen LogP contribution in [0.25, 0.3) is 0 Å². The van der Waals surface area contributed by atoms with Crippen LogP contribution in [0.4, 0.5) is 0 Å². The summed E-state index contributed by atoms with van der Waals surface area (Å²) in [6.45, 7) is 10.6. The normalized spacial score (nSPS) is 48.8. The van der Waals surface area contributed by atoms with Gasteiger partial charge in [-0.3, -0.25) is 9.59 Å². The molecule has 0 aromatic heterocycles. The van der Waals surface area contributed by atoms with E-state index in [1.807, 2.05) is 13.0 Å². The van der Waals surface area contributed by atoms with Crippen LogP contribution in [0.3, 0.4) is 0 Å². The molecule has 3 fully saturated rings. The van der Waals surface area contributed by atoms with E-state index in [0.717, 1.165) is 37.7 Å². The zero-order valence-corrected chi connectivity index (χ0v) is 18.6. The van der Waals surface area contributed by atoms with Crippen LogP contribution < -0.4 is 0 Å². The molecule has 0 spiro atoms. The van der Waals surface area contributed by atoms with Gasteiger partial charge in [-0.1, -0.05) is 33.3 Å². The lowest BCUT2D eigenvalue weighted by molar-refractivity contribution is -0.181. The number of allylic oxidation sites excluding steroid dienone is 1. The summed E-state index contributed by atoms with van der Waals surface area (Å²) < 4.78 is 6.06. The average Bonchev–Trinajstić information content (AvgIpc) is 2.93. The lowest BCUT2D eigenvalue weighted by Gasteiger charge is -2.61. The molecule has 4 rings (SSSR count). The summed E-state index contributed by atoms with van der Waals surface area (Å²) in [4.78, 5) is 37.2. The van der Waals surface area contributed by atoms with Crippen molar-refractivity contribution in [3.63, 3.8) is 0 Å². The number of ketones is 1. The van der Waals surface area contributed by atoms with E-state index in [0.29, 0.717) is 30.6 Å². The summed E-state index contributed by atoms with van der Waals surface area (Å²) in [5, 5.41) is 0. The van der Waals surface area contributed by atoms with Crippen molar-refractivity contribution >= 4 is 18.0 Å². The fourth-order valence-electron chi connectivity index (χ4n) is 7.99. The number of aldehydes is 1. The summed E-state index contributed by atoms with van der Waals surface area (Å²) in [7, 11) is 0. The summed E-state index contributed by atoms with van der Waals surface area (Å²) in [5.74, 6) is 1.59. The van der Waals surface area contributed by atoms with Crippen molar-refractivity contribution in [2.75, 3.05) is 0 Å². The third-order valence-corrected chi connectivity index (χ3v) is 9.70. The highest BCUT2D eigenvalue weighted by Gasteiger charge is 2.66. The maximum atomic E-state index is 12.7. The standard InChI is InChI=1S/C25H36O4/c1-6-22(28)29-24(5)10-8-19-18-11-15(2)21-13-17(27)12-16(3)25(21,14-26)20(18)7-9-23(19,24)4/h13-16,18-20H,6-12H2,1-5H3/t15?,16?,18-,19-,20+,23-,24?,25+/m0/s1. The number of hydrogen-bond donors (Lipinski definition) is 0. The molecule has 0 heterocycles. The molecule has 0 aromatic carbocycles. The first-order valence-electron chi connectivity index (χ1n) is 11.6. The zero-order chi connectivity index (χ0) is 21.2. The van der Waals surface area contributed by atoms with Gasteiger partial charge < -0.3 is 9.53 Å². The van der Waals surface area contributed by atoms with Crippen LogP contribution in [0.15, 0.2) is 11.6 Å². The molecule has 4 aliphatic carbocycles. The van der Waals surface area contributed by atoms with Crippen LogP contribution in [0.5, 0.6) is 0 Å². The first-order chi connectivity index (χ1) is 13.6. The van der Waals surface area contributed by atoms with Crippen molar-refractivity contribution in [1.29, 1.82) is 0 Å². The number of rotatable bonds is 3. The van der Waals surface area contributed by atoms with Gasteiger partial charge in [0.05, 0.1) is 5.41 Å². The van der Waals surface area contributed by atoms with E-state index in [4.69, 9.17) is 4.74 Å². The van der Waals surface area contributed by atoms with Gasteiger partial charge in [0.2, 0.25) is 0 Å². The molecule has 0 bridgehead atoms. The fraction of sp³-hybridized carbons (Fsp3) is 0.800. The monoisotopic (exact) mass is 400 g/mol. The Balaban J connectivity index is 1.73. The Morgan fingerprint density at radius 2 is 1.90 bits per heavy atom. The van der Waals surface area contributed by atoms with Gasteiger partial charge in [0.25, 0.3) is 0 Å².